The summed E-state index contributed by atoms with van der Waals surface area (Å²) in [5.41, 5.74) is 3.29. The van der Waals surface area contributed by atoms with Crippen LogP contribution >= 0.6 is 0 Å². The van der Waals surface area contributed by atoms with Crippen LogP contribution in [0.1, 0.15) is 44.9 Å². The molecule has 4 rings (SSSR count). The number of fused-ring (bicyclic) bond motifs is 1. The maximum atomic E-state index is 13.7. The first-order chi connectivity index (χ1) is 20.6. The average Bonchev–Trinajstić information content (AvgIpc) is 3.30. The van der Waals surface area contributed by atoms with Crippen LogP contribution in [-0.2, 0) is 20.3 Å². The maximum Gasteiger partial charge on any atom is 0.178 e. The number of hydrogen-bond donors (Lipinski definition) is 2. The van der Waals surface area contributed by atoms with Crippen molar-refractivity contribution in [2.75, 3.05) is 46.0 Å². The number of carbonyl (C=O) groups is 1. The Labute approximate surface area is 256 Å². The molecule has 12 nitrogen and oxygen atoms in total. The highest BCUT2D eigenvalue weighted by atomic mass is 32.2. The van der Waals surface area contributed by atoms with E-state index in [1.54, 1.807) is 6.34 Å². The fraction of sp³-hybridized carbons (Fsp3) is 0.533. The Bertz CT molecular complexity index is 1390. The number of ether oxygens (including phenoxy) is 1. The Hall–Kier alpha value is -3.55. The van der Waals surface area contributed by atoms with Crippen LogP contribution in [0.4, 0.5) is 5.82 Å². The number of allylic oxidation sites excluding steroid dienone is 3. The number of piperazine rings is 1. The van der Waals surface area contributed by atoms with Gasteiger partial charge < -0.3 is 15.0 Å². The van der Waals surface area contributed by atoms with Gasteiger partial charge in [-0.2, -0.15) is 5.10 Å². The summed E-state index contributed by atoms with van der Waals surface area (Å²) in [5, 5.41) is 10.6. The molecule has 43 heavy (non-hydrogen) atoms. The summed E-state index contributed by atoms with van der Waals surface area (Å²) >= 11 is 0. The molecule has 0 spiro atoms. The fourth-order valence-electron chi connectivity index (χ4n) is 4.89. The van der Waals surface area contributed by atoms with Gasteiger partial charge in [0.05, 0.1) is 46.8 Å². The number of aromatic amines is 1. The lowest BCUT2D eigenvalue weighted by atomic mass is 9.93. The van der Waals surface area contributed by atoms with Crippen molar-refractivity contribution in [2.24, 2.45) is 25.9 Å². The molecule has 2 unspecified atom stereocenters. The third-order valence-corrected chi connectivity index (χ3v) is 9.46. The van der Waals surface area contributed by atoms with Crippen molar-refractivity contribution in [2.45, 2.75) is 52.2 Å². The number of aromatic nitrogens is 2. The standard InChI is InChI=1S/C30H43N9O3S/c1-21-22(2)36-37-28(21)35-29-24-14-27(43(41)30(3,4)5)26(15-25(24)33-19-34-29)42-13-7-8-38-9-11-39(12-10-38)20-32-17-23(18-40)16-31-6/h15-19,24H,6-14,20H2,1-5H3,(H2,33,34,35,36,37)/b23-16+,32-17?. The highest BCUT2D eigenvalue weighted by Crippen LogP contribution is 2.37. The highest BCUT2D eigenvalue weighted by molar-refractivity contribution is 7.90. The number of aryl methyl sites for hydroxylation is 1. The number of H-pyrrole nitrogens is 1. The Kier molecular flexibility index (Phi) is 11.1. The SMILES string of the molecule is C=N/C=C(/C=O)C=NCN1CCN(CCCOC2=C(S(=O)C(C)(C)C)CC3C(=C2)NC=NC3=Nc2n[nH]c(C)c2C)CC1. The van der Waals surface area contributed by atoms with Crippen LogP contribution in [0.3, 0.4) is 0 Å². The van der Waals surface area contributed by atoms with Gasteiger partial charge in [0.1, 0.15) is 11.6 Å². The minimum absolute atomic E-state index is 0.157. The van der Waals surface area contributed by atoms with Crippen molar-refractivity contribution in [3.63, 3.8) is 0 Å². The Morgan fingerprint density at radius 1 is 1.23 bits per heavy atom. The predicted octanol–water partition coefficient (Wildman–Crippen LogP) is 3.19. The van der Waals surface area contributed by atoms with E-state index in [0.29, 0.717) is 42.7 Å². The summed E-state index contributed by atoms with van der Waals surface area (Å²) in [7, 11) is -1.26. The van der Waals surface area contributed by atoms with Crippen molar-refractivity contribution >= 4 is 48.0 Å². The topological polar surface area (TPSA) is 140 Å². The second kappa shape index (κ2) is 14.8. The molecule has 1 aromatic rings. The van der Waals surface area contributed by atoms with E-state index in [9.17, 15) is 9.00 Å². The van der Waals surface area contributed by atoms with Crippen LogP contribution in [-0.4, -0.2) is 106 Å². The summed E-state index contributed by atoms with van der Waals surface area (Å²) in [6.07, 6.45) is 8.62. The van der Waals surface area contributed by atoms with Gasteiger partial charge in [0.15, 0.2) is 12.1 Å². The van der Waals surface area contributed by atoms with Crippen molar-refractivity contribution in [1.82, 2.24) is 25.3 Å². The Morgan fingerprint density at radius 3 is 2.63 bits per heavy atom. The summed E-state index contributed by atoms with van der Waals surface area (Å²) in [5.74, 6) is 1.78. The van der Waals surface area contributed by atoms with Crippen molar-refractivity contribution in [3.05, 3.63) is 45.5 Å². The fourth-order valence-corrected chi connectivity index (χ4v) is 6.25. The van der Waals surface area contributed by atoms with Crippen LogP contribution in [0, 0.1) is 19.8 Å². The molecule has 3 heterocycles. The minimum Gasteiger partial charge on any atom is -0.493 e. The monoisotopic (exact) mass is 609 g/mol. The van der Waals surface area contributed by atoms with Crippen LogP contribution in [0.15, 0.2) is 54.2 Å². The number of aldehydes is 1. The molecule has 3 aliphatic rings. The Balaban J connectivity index is 1.35. The van der Waals surface area contributed by atoms with Gasteiger partial charge in [-0.25, -0.2) is 9.98 Å². The van der Waals surface area contributed by atoms with E-state index in [1.165, 1.54) is 12.4 Å². The van der Waals surface area contributed by atoms with Gasteiger partial charge in [-0.1, -0.05) is 0 Å². The van der Waals surface area contributed by atoms with E-state index in [4.69, 9.17) is 9.73 Å². The largest absolute Gasteiger partial charge is 0.493 e. The molecule has 1 fully saturated rings. The third kappa shape index (κ3) is 8.52. The first kappa shape index (κ1) is 32.4. The molecular formula is C30H43N9O3S. The zero-order valence-corrected chi connectivity index (χ0v) is 26.6. The molecule has 1 aliphatic carbocycles. The number of rotatable bonds is 12. The lowest BCUT2D eigenvalue weighted by molar-refractivity contribution is -0.104. The number of hydrogen-bond acceptors (Lipinski definition) is 10. The molecule has 1 aromatic heterocycles. The molecule has 13 heteroatoms. The molecule has 0 saturated carbocycles. The van der Waals surface area contributed by atoms with E-state index in [0.717, 1.165) is 67.3 Å². The van der Waals surface area contributed by atoms with Gasteiger partial charge in [-0.05, 0) is 54.2 Å². The third-order valence-electron chi connectivity index (χ3n) is 7.53. The molecule has 0 radical (unpaired) electrons. The van der Waals surface area contributed by atoms with Gasteiger partial charge in [0.2, 0.25) is 0 Å². The van der Waals surface area contributed by atoms with E-state index < -0.39 is 15.5 Å². The van der Waals surface area contributed by atoms with E-state index >= 15 is 0 Å². The van der Waals surface area contributed by atoms with Crippen molar-refractivity contribution in [1.29, 1.82) is 0 Å². The lowest BCUT2D eigenvalue weighted by Gasteiger charge is -2.34. The number of carbonyl (C=O) groups excluding carboxylic acids is 1. The number of amidine groups is 1. The van der Waals surface area contributed by atoms with Crippen LogP contribution < -0.4 is 5.32 Å². The van der Waals surface area contributed by atoms with Gasteiger partial charge in [0, 0.05) is 72.9 Å². The highest BCUT2D eigenvalue weighted by Gasteiger charge is 2.36. The van der Waals surface area contributed by atoms with Crippen molar-refractivity contribution in [3.8, 4) is 0 Å². The maximum absolute atomic E-state index is 13.7. The molecule has 2 aliphatic heterocycles. The minimum atomic E-state index is -1.26. The number of nitrogens with zero attached hydrogens (tertiary/aromatic N) is 7. The summed E-state index contributed by atoms with van der Waals surface area (Å²) < 4.78 is 19.6. The van der Waals surface area contributed by atoms with Crippen LogP contribution in [0.5, 0.6) is 0 Å². The van der Waals surface area contributed by atoms with Gasteiger partial charge in [0.25, 0.3) is 0 Å². The van der Waals surface area contributed by atoms with Gasteiger partial charge in [-0.3, -0.25) is 29.0 Å². The Morgan fingerprint density at radius 2 is 1.98 bits per heavy atom. The van der Waals surface area contributed by atoms with Gasteiger partial charge >= 0.3 is 0 Å². The quantitative estimate of drug-likeness (QED) is 0.161. The molecule has 0 amide bonds. The molecule has 1 saturated heterocycles. The van der Waals surface area contributed by atoms with Crippen LogP contribution in [0.25, 0.3) is 0 Å². The first-order valence-electron chi connectivity index (χ1n) is 14.5. The summed E-state index contributed by atoms with van der Waals surface area (Å²) in [4.78, 5) is 33.7. The normalized spacial score (nSPS) is 22.0. The lowest BCUT2D eigenvalue weighted by Crippen LogP contribution is -2.46. The summed E-state index contributed by atoms with van der Waals surface area (Å²) in [6.45, 7) is 18.9. The van der Waals surface area contributed by atoms with E-state index in [-0.39, 0.29) is 5.92 Å². The average molecular weight is 610 g/mol. The smallest absolute Gasteiger partial charge is 0.178 e. The molecule has 2 N–H and O–H groups in total. The zero-order valence-electron chi connectivity index (χ0n) is 25.8. The van der Waals surface area contributed by atoms with Crippen LogP contribution in [0.2, 0.25) is 0 Å². The first-order valence-corrected chi connectivity index (χ1v) is 15.7. The van der Waals surface area contributed by atoms with E-state index in [2.05, 4.69) is 47.0 Å². The predicted molar refractivity (Wildman–Crippen MR) is 174 cm³/mol. The second-order valence-electron chi connectivity index (χ2n) is 11.7. The van der Waals surface area contributed by atoms with E-state index in [1.807, 2.05) is 40.7 Å². The molecule has 0 bridgehead atoms. The molecule has 2 atom stereocenters. The molecule has 232 valence electrons. The molecule has 0 aromatic carbocycles. The second-order valence-corrected chi connectivity index (χ2v) is 14.0. The van der Waals surface area contributed by atoms with Gasteiger partial charge in [-0.15, -0.1) is 0 Å². The number of aliphatic imine (C=N–C) groups is 4. The molecular weight excluding hydrogens is 566 g/mol. The zero-order chi connectivity index (χ0) is 31.0. The van der Waals surface area contributed by atoms with Crippen molar-refractivity contribution < 1.29 is 13.7 Å². The number of nitrogens with one attached hydrogen (secondary N) is 2. The summed E-state index contributed by atoms with van der Waals surface area (Å²) in [6, 6.07) is 0.